The second-order valence-corrected chi connectivity index (χ2v) is 9.95. The van der Waals surface area contributed by atoms with E-state index in [1.807, 2.05) is 0 Å². The lowest BCUT2D eigenvalue weighted by Gasteiger charge is -2.26. The average molecular weight is 518 g/mol. The van der Waals surface area contributed by atoms with Gasteiger partial charge in [-0.1, -0.05) is 37.3 Å². The minimum Gasteiger partial charge on any atom is -0.373 e. The van der Waals surface area contributed by atoms with E-state index in [4.69, 9.17) is 11.6 Å². The van der Waals surface area contributed by atoms with Crippen molar-refractivity contribution in [1.82, 2.24) is 24.6 Å². The van der Waals surface area contributed by atoms with E-state index in [1.165, 1.54) is 18.2 Å². The third-order valence-electron chi connectivity index (χ3n) is 7.03. The lowest BCUT2D eigenvalue weighted by Crippen LogP contribution is -2.46. The van der Waals surface area contributed by atoms with Crippen LogP contribution < -0.4 is 16.6 Å². The number of nitrogens with zero attached hydrogens (tertiary/aromatic N) is 4. The number of carbonyl (C=O) groups excluding carboxylic acids is 2. The molecule has 1 saturated carbocycles. The molecule has 0 bridgehead atoms. The van der Waals surface area contributed by atoms with Crippen LogP contribution in [-0.2, 0) is 11.3 Å². The van der Waals surface area contributed by atoms with Gasteiger partial charge in [-0.05, 0) is 50.3 Å². The Kier molecular flexibility index (Phi) is 8.58. The Hall–Kier alpha value is -2.98. The number of aromatic nitrogens is 3. The van der Waals surface area contributed by atoms with Gasteiger partial charge in [-0.15, -0.1) is 0 Å². The van der Waals surface area contributed by atoms with Crippen molar-refractivity contribution in [3.63, 3.8) is 0 Å². The van der Waals surface area contributed by atoms with E-state index in [9.17, 15) is 24.3 Å². The summed E-state index contributed by atoms with van der Waals surface area (Å²) in [6.07, 6.45) is 8.76. The van der Waals surface area contributed by atoms with Gasteiger partial charge in [-0.2, -0.15) is 9.78 Å². The third-order valence-corrected chi connectivity index (χ3v) is 7.36. The van der Waals surface area contributed by atoms with Gasteiger partial charge in [0.05, 0.1) is 16.3 Å². The lowest BCUT2D eigenvalue weighted by molar-refractivity contribution is -0.132. The highest BCUT2D eigenvalue weighted by molar-refractivity contribution is 6.33. The van der Waals surface area contributed by atoms with Crippen LogP contribution in [0.2, 0.25) is 5.02 Å². The van der Waals surface area contributed by atoms with Crippen molar-refractivity contribution in [3.05, 3.63) is 55.8 Å². The van der Waals surface area contributed by atoms with Crippen molar-refractivity contribution in [2.45, 2.75) is 70.6 Å². The summed E-state index contributed by atoms with van der Waals surface area (Å²) in [7, 11) is 0. The van der Waals surface area contributed by atoms with Gasteiger partial charge >= 0.3 is 5.69 Å². The number of nitrogens with one attached hydrogen (secondary N) is 1. The zero-order chi connectivity index (χ0) is 25.7. The number of aliphatic hydroxyl groups excluding tert-OH is 1. The van der Waals surface area contributed by atoms with Crippen molar-refractivity contribution in [2.75, 3.05) is 13.1 Å². The molecule has 1 unspecified atom stereocenters. The predicted octanol–water partition coefficient (Wildman–Crippen LogP) is 2.08. The summed E-state index contributed by atoms with van der Waals surface area (Å²) in [5.74, 6) is -0.890. The highest BCUT2D eigenvalue weighted by Gasteiger charge is 2.24. The van der Waals surface area contributed by atoms with E-state index >= 15 is 0 Å². The number of rotatable bonds is 6. The van der Waals surface area contributed by atoms with Gasteiger partial charge in [0, 0.05) is 19.0 Å². The SMILES string of the molecule is O=C(NC(O)C1CCCCCC1)c1cc(-n2ncc(=O)n(CC(=O)N3CCCCC3)c2=O)ccc1Cl. The van der Waals surface area contributed by atoms with Crippen LogP contribution in [0.4, 0.5) is 0 Å². The molecular formula is C25H32ClN5O5. The maximum atomic E-state index is 13.1. The molecule has 2 aliphatic rings. The van der Waals surface area contributed by atoms with Gasteiger partial charge in [0.25, 0.3) is 11.5 Å². The van der Waals surface area contributed by atoms with Crippen LogP contribution in [0, 0.1) is 5.92 Å². The van der Waals surface area contributed by atoms with Crippen molar-refractivity contribution < 1.29 is 14.7 Å². The molecule has 1 atom stereocenters. The van der Waals surface area contributed by atoms with Crippen LogP contribution in [0.25, 0.3) is 5.69 Å². The molecule has 4 rings (SSSR count). The molecule has 2 amide bonds. The number of hydrogen-bond acceptors (Lipinski definition) is 6. The van der Waals surface area contributed by atoms with Crippen LogP contribution in [0.3, 0.4) is 0 Å². The predicted molar refractivity (Wildman–Crippen MR) is 134 cm³/mol. The van der Waals surface area contributed by atoms with Gasteiger partial charge in [0.1, 0.15) is 19.0 Å². The zero-order valence-corrected chi connectivity index (χ0v) is 21.0. The molecule has 1 aliphatic carbocycles. The third kappa shape index (κ3) is 6.04. The first kappa shape index (κ1) is 26.1. The topological polar surface area (TPSA) is 127 Å². The summed E-state index contributed by atoms with van der Waals surface area (Å²) in [6.45, 7) is 0.832. The van der Waals surface area contributed by atoms with Crippen molar-refractivity contribution in [3.8, 4) is 5.69 Å². The molecule has 194 valence electrons. The van der Waals surface area contributed by atoms with Gasteiger partial charge in [0.15, 0.2) is 0 Å². The summed E-state index contributed by atoms with van der Waals surface area (Å²) in [5.41, 5.74) is -1.20. The largest absolute Gasteiger partial charge is 0.373 e. The molecule has 2 heterocycles. The molecule has 1 aromatic heterocycles. The minimum absolute atomic E-state index is 0.0244. The Morgan fingerprint density at radius 2 is 1.72 bits per heavy atom. The fourth-order valence-electron chi connectivity index (χ4n) is 4.91. The zero-order valence-electron chi connectivity index (χ0n) is 20.2. The molecule has 0 radical (unpaired) electrons. The van der Waals surface area contributed by atoms with E-state index < -0.39 is 23.4 Å². The van der Waals surface area contributed by atoms with Crippen molar-refractivity contribution >= 4 is 23.4 Å². The molecule has 10 nitrogen and oxygen atoms in total. The highest BCUT2D eigenvalue weighted by Crippen LogP contribution is 2.25. The highest BCUT2D eigenvalue weighted by atomic mass is 35.5. The molecule has 1 aliphatic heterocycles. The number of aliphatic hydroxyl groups is 1. The number of halogens is 1. The molecule has 0 spiro atoms. The summed E-state index contributed by atoms with van der Waals surface area (Å²) in [4.78, 5) is 52.8. The van der Waals surface area contributed by atoms with E-state index in [1.54, 1.807) is 4.90 Å². The number of carbonyl (C=O) groups is 2. The molecule has 36 heavy (non-hydrogen) atoms. The van der Waals surface area contributed by atoms with Gasteiger partial charge < -0.3 is 15.3 Å². The molecule has 2 fully saturated rings. The maximum absolute atomic E-state index is 13.1. The van der Waals surface area contributed by atoms with Crippen LogP contribution in [-0.4, -0.2) is 55.5 Å². The second kappa shape index (κ2) is 11.8. The quantitative estimate of drug-likeness (QED) is 0.446. The molecule has 2 N–H and O–H groups in total. The summed E-state index contributed by atoms with van der Waals surface area (Å²) in [6, 6.07) is 4.33. The average Bonchev–Trinajstić information content (AvgIpc) is 3.17. The van der Waals surface area contributed by atoms with E-state index in [-0.39, 0.29) is 34.6 Å². The number of hydrogen-bond donors (Lipinski definition) is 2. The van der Waals surface area contributed by atoms with E-state index in [0.717, 1.165) is 73.2 Å². The molecule has 1 aromatic carbocycles. The fourth-order valence-corrected chi connectivity index (χ4v) is 5.12. The Morgan fingerprint density at radius 1 is 1.06 bits per heavy atom. The van der Waals surface area contributed by atoms with Crippen molar-refractivity contribution in [1.29, 1.82) is 0 Å². The lowest BCUT2D eigenvalue weighted by atomic mass is 9.98. The summed E-state index contributed by atoms with van der Waals surface area (Å²) in [5, 5.41) is 17.3. The summed E-state index contributed by atoms with van der Waals surface area (Å²) >= 11 is 6.27. The van der Waals surface area contributed by atoms with E-state index in [2.05, 4.69) is 10.4 Å². The standard InChI is InChI=1S/C25H32ClN5O5/c26-20-11-10-18(14-19(20)24(35)28-23(34)17-8-4-1-2-5-9-17)31-25(36)30(21(32)15-27-31)16-22(33)29-12-6-3-7-13-29/h10-11,14-15,17,23,34H,1-9,12-13,16H2,(H,28,35). The Bertz CT molecular complexity index is 1210. The first-order chi connectivity index (χ1) is 17.3. The van der Waals surface area contributed by atoms with Gasteiger partial charge in [0.2, 0.25) is 5.91 Å². The van der Waals surface area contributed by atoms with Gasteiger partial charge in [-0.25, -0.2) is 9.36 Å². The number of likely N-dealkylation sites (tertiary alicyclic amines) is 1. The van der Waals surface area contributed by atoms with Crippen LogP contribution in [0.5, 0.6) is 0 Å². The first-order valence-electron chi connectivity index (χ1n) is 12.6. The Morgan fingerprint density at radius 3 is 2.42 bits per heavy atom. The second-order valence-electron chi connectivity index (χ2n) is 9.54. The molecule has 1 saturated heterocycles. The van der Waals surface area contributed by atoms with Crippen LogP contribution in [0.1, 0.15) is 68.1 Å². The van der Waals surface area contributed by atoms with Crippen molar-refractivity contribution in [2.24, 2.45) is 5.92 Å². The normalized spacial score (nSPS) is 17.9. The van der Waals surface area contributed by atoms with Gasteiger partial charge in [-0.3, -0.25) is 14.4 Å². The van der Waals surface area contributed by atoms with E-state index in [0.29, 0.717) is 13.1 Å². The number of benzene rings is 1. The number of piperidine rings is 1. The maximum Gasteiger partial charge on any atom is 0.352 e. The van der Waals surface area contributed by atoms with Crippen LogP contribution in [0.15, 0.2) is 34.0 Å². The minimum atomic E-state index is -1.00. The fraction of sp³-hybridized carbons (Fsp3) is 0.560. The Balaban J connectivity index is 1.56. The smallest absolute Gasteiger partial charge is 0.352 e. The molecule has 11 heteroatoms. The Labute approximate surface area is 213 Å². The monoisotopic (exact) mass is 517 g/mol. The number of amides is 2. The molecular weight excluding hydrogens is 486 g/mol. The summed E-state index contributed by atoms with van der Waals surface area (Å²) < 4.78 is 1.80. The molecule has 2 aromatic rings. The van der Waals surface area contributed by atoms with Crippen LogP contribution >= 0.6 is 11.6 Å². The first-order valence-corrected chi connectivity index (χ1v) is 13.0.